The van der Waals surface area contributed by atoms with Crippen molar-refractivity contribution in [3.8, 4) is 0 Å². The van der Waals surface area contributed by atoms with Crippen molar-refractivity contribution >= 4 is 45.0 Å². The van der Waals surface area contributed by atoms with E-state index in [1.54, 1.807) is 11.9 Å². The van der Waals surface area contributed by atoms with Gasteiger partial charge in [0.1, 0.15) is 0 Å². The number of nitrogens with zero attached hydrogens (tertiary/aromatic N) is 2. The average molecular weight is 310 g/mol. The third-order valence-electron chi connectivity index (χ3n) is 2.73. The second kappa shape index (κ2) is 5.45. The van der Waals surface area contributed by atoms with E-state index in [0.717, 1.165) is 27.9 Å². The lowest BCUT2D eigenvalue weighted by atomic mass is 10.2. The van der Waals surface area contributed by atoms with Gasteiger partial charge in [0.15, 0.2) is 5.13 Å². The first-order chi connectivity index (χ1) is 9.22. The maximum Gasteiger partial charge on any atom is 0.180 e. The Bertz CT molecular complexity index is 610. The summed E-state index contributed by atoms with van der Waals surface area (Å²) < 4.78 is 2.11. The zero-order valence-corrected chi connectivity index (χ0v) is 12.4. The zero-order valence-electron chi connectivity index (χ0n) is 10.0. The van der Waals surface area contributed by atoms with Crippen LogP contribution in [0.15, 0.2) is 36.5 Å². The van der Waals surface area contributed by atoms with E-state index in [1.165, 1.54) is 16.9 Å². The van der Waals surface area contributed by atoms with E-state index < -0.39 is 0 Å². The fraction of sp³-hybridized carbons (Fsp3) is 0.154. The quantitative estimate of drug-likeness (QED) is 0.872. The SMILES string of the molecule is Nc1nc2c(s1)C(Cl)=CN(SCc1ccccc1)C2. The van der Waals surface area contributed by atoms with Gasteiger partial charge in [-0.25, -0.2) is 4.98 Å². The van der Waals surface area contributed by atoms with Crippen molar-refractivity contribution in [3.63, 3.8) is 0 Å². The second-order valence-corrected chi connectivity index (χ2v) is 6.59. The number of anilines is 1. The van der Waals surface area contributed by atoms with Gasteiger partial charge in [-0.05, 0) is 17.5 Å². The molecule has 0 saturated heterocycles. The molecule has 2 N–H and O–H groups in total. The Kier molecular flexibility index (Phi) is 3.68. The molecule has 0 aliphatic carbocycles. The minimum Gasteiger partial charge on any atom is -0.375 e. The summed E-state index contributed by atoms with van der Waals surface area (Å²) in [5.74, 6) is 0.913. The number of rotatable bonds is 3. The van der Waals surface area contributed by atoms with E-state index >= 15 is 0 Å². The molecule has 0 atom stereocenters. The van der Waals surface area contributed by atoms with E-state index in [-0.39, 0.29) is 0 Å². The highest BCUT2D eigenvalue weighted by Gasteiger charge is 2.20. The smallest absolute Gasteiger partial charge is 0.180 e. The Labute approximate surface area is 125 Å². The van der Waals surface area contributed by atoms with Gasteiger partial charge in [-0.15, -0.1) is 0 Å². The van der Waals surface area contributed by atoms with Gasteiger partial charge in [0.25, 0.3) is 0 Å². The molecule has 0 amide bonds. The van der Waals surface area contributed by atoms with Gasteiger partial charge in [0.05, 0.1) is 22.1 Å². The van der Waals surface area contributed by atoms with E-state index in [9.17, 15) is 0 Å². The van der Waals surface area contributed by atoms with Crippen LogP contribution in [0.25, 0.3) is 5.03 Å². The number of fused-ring (bicyclic) bond motifs is 1. The molecule has 98 valence electrons. The lowest BCUT2D eigenvalue weighted by Crippen LogP contribution is -2.13. The first kappa shape index (κ1) is 12.8. The van der Waals surface area contributed by atoms with Crippen LogP contribution in [-0.4, -0.2) is 9.29 Å². The number of benzene rings is 1. The molecule has 0 spiro atoms. The van der Waals surface area contributed by atoms with Crippen molar-refractivity contribution < 1.29 is 0 Å². The van der Waals surface area contributed by atoms with E-state index in [0.29, 0.717) is 5.13 Å². The number of nitrogen functional groups attached to an aromatic ring is 1. The van der Waals surface area contributed by atoms with Crippen LogP contribution in [0.2, 0.25) is 0 Å². The van der Waals surface area contributed by atoms with Crippen molar-refractivity contribution in [1.82, 2.24) is 9.29 Å². The molecule has 1 aliphatic heterocycles. The molecule has 1 aromatic heterocycles. The number of nitrogens with two attached hydrogens (primary N) is 1. The van der Waals surface area contributed by atoms with E-state index in [2.05, 4.69) is 21.4 Å². The topological polar surface area (TPSA) is 42.1 Å². The summed E-state index contributed by atoms with van der Waals surface area (Å²) in [6, 6.07) is 10.4. The fourth-order valence-corrected chi connectivity index (χ4v) is 3.90. The van der Waals surface area contributed by atoms with Crippen LogP contribution in [0.3, 0.4) is 0 Å². The summed E-state index contributed by atoms with van der Waals surface area (Å²) in [4.78, 5) is 5.32. The average Bonchev–Trinajstić information content (AvgIpc) is 2.79. The predicted molar refractivity (Wildman–Crippen MR) is 83.6 cm³/mol. The van der Waals surface area contributed by atoms with Crippen LogP contribution < -0.4 is 5.73 Å². The van der Waals surface area contributed by atoms with Crippen LogP contribution in [0.4, 0.5) is 5.13 Å². The van der Waals surface area contributed by atoms with Crippen molar-refractivity contribution in [1.29, 1.82) is 0 Å². The highest BCUT2D eigenvalue weighted by atomic mass is 35.5. The predicted octanol–water partition coefficient (Wildman–Crippen LogP) is 3.93. The summed E-state index contributed by atoms with van der Waals surface area (Å²) in [7, 11) is 0. The maximum atomic E-state index is 6.26. The second-order valence-electron chi connectivity index (χ2n) is 4.14. The minimum absolute atomic E-state index is 0.575. The molecule has 0 radical (unpaired) electrons. The van der Waals surface area contributed by atoms with Crippen molar-refractivity contribution in [3.05, 3.63) is 52.7 Å². The molecule has 0 fully saturated rings. The summed E-state index contributed by atoms with van der Waals surface area (Å²) in [5, 5.41) is 1.29. The molecular formula is C13H12ClN3S2. The Morgan fingerprint density at radius 2 is 2.16 bits per heavy atom. The van der Waals surface area contributed by atoms with Gasteiger partial charge in [0.2, 0.25) is 0 Å². The molecule has 2 aromatic rings. The fourth-order valence-electron chi connectivity index (χ4n) is 1.86. The third kappa shape index (κ3) is 2.88. The third-order valence-corrected chi connectivity index (χ3v) is 5.12. The van der Waals surface area contributed by atoms with Crippen LogP contribution >= 0.6 is 34.9 Å². The van der Waals surface area contributed by atoms with Crippen LogP contribution in [0, 0.1) is 0 Å². The molecule has 1 aliphatic rings. The maximum absolute atomic E-state index is 6.26. The van der Waals surface area contributed by atoms with E-state index in [4.69, 9.17) is 17.3 Å². The van der Waals surface area contributed by atoms with E-state index in [1.807, 2.05) is 24.4 Å². The molecule has 2 heterocycles. The van der Waals surface area contributed by atoms with Gasteiger partial charge >= 0.3 is 0 Å². The van der Waals surface area contributed by atoms with Gasteiger partial charge < -0.3 is 10.0 Å². The normalized spacial score (nSPS) is 14.2. The highest BCUT2D eigenvalue weighted by molar-refractivity contribution is 7.96. The first-order valence-corrected chi connectivity index (χ1v) is 7.92. The van der Waals surface area contributed by atoms with Gasteiger partial charge in [0, 0.05) is 12.0 Å². The molecule has 1 aromatic carbocycles. The van der Waals surface area contributed by atoms with Gasteiger partial charge in [-0.3, -0.25) is 0 Å². The largest absolute Gasteiger partial charge is 0.375 e. The Morgan fingerprint density at radius 1 is 1.37 bits per heavy atom. The lowest BCUT2D eigenvalue weighted by Gasteiger charge is -2.22. The Hall–Kier alpha value is -1.17. The monoisotopic (exact) mass is 309 g/mol. The summed E-state index contributed by atoms with van der Waals surface area (Å²) >= 11 is 9.43. The molecule has 6 heteroatoms. The summed E-state index contributed by atoms with van der Waals surface area (Å²) in [6.07, 6.45) is 1.95. The lowest BCUT2D eigenvalue weighted by molar-refractivity contribution is 0.601. The molecule has 0 bridgehead atoms. The summed E-state index contributed by atoms with van der Waals surface area (Å²) in [5.41, 5.74) is 7.99. The number of hydrogen-bond donors (Lipinski definition) is 1. The Balaban J connectivity index is 1.69. The number of thiazole rings is 1. The van der Waals surface area contributed by atoms with Gasteiger partial charge in [-0.2, -0.15) is 0 Å². The summed E-state index contributed by atoms with van der Waals surface area (Å²) in [6.45, 7) is 0.747. The standard InChI is InChI=1S/C13H12ClN3S2/c14-10-6-17(7-11-12(10)19-13(15)16-11)18-8-9-4-2-1-3-5-9/h1-6H,7-8H2,(H2,15,16). The van der Waals surface area contributed by atoms with Crippen molar-refractivity contribution in [2.45, 2.75) is 12.3 Å². The van der Waals surface area contributed by atoms with Gasteiger partial charge in [-0.1, -0.05) is 53.3 Å². The van der Waals surface area contributed by atoms with Crippen LogP contribution in [0.1, 0.15) is 16.1 Å². The molecular weight excluding hydrogens is 298 g/mol. The van der Waals surface area contributed by atoms with Crippen LogP contribution in [0.5, 0.6) is 0 Å². The number of halogens is 1. The van der Waals surface area contributed by atoms with Crippen LogP contribution in [-0.2, 0) is 12.3 Å². The molecule has 19 heavy (non-hydrogen) atoms. The zero-order chi connectivity index (χ0) is 13.2. The molecule has 3 nitrogen and oxygen atoms in total. The van der Waals surface area contributed by atoms with Crippen molar-refractivity contribution in [2.75, 3.05) is 5.73 Å². The molecule has 0 unspecified atom stereocenters. The first-order valence-electron chi connectivity index (χ1n) is 5.79. The number of aromatic nitrogens is 1. The Morgan fingerprint density at radius 3 is 2.95 bits per heavy atom. The molecule has 3 rings (SSSR count). The van der Waals surface area contributed by atoms with Crippen molar-refractivity contribution in [2.24, 2.45) is 0 Å². The minimum atomic E-state index is 0.575. The molecule has 0 saturated carbocycles. The number of hydrogen-bond acceptors (Lipinski definition) is 5. The highest BCUT2D eigenvalue weighted by Crippen LogP contribution is 2.37.